The Morgan fingerprint density at radius 3 is 2.28 bits per heavy atom. The van der Waals surface area contributed by atoms with Gasteiger partial charge in [0.25, 0.3) is 0 Å². The maximum Gasteiger partial charge on any atom is 0.417 e. The predicted octanol–water partition coefficient (Wildman–Crippen LogP) is 7.25. The minimum Gasteiger partial charge on any atom is -0.479 e. The van der Waals surface area contributed by atoms with Crippen molar-refractivity contribution in [1.82, 2.24) is 4.98 Å². The zero-order chi connectivity index (χ0) is 26.7. The van der Waals surface area contributed by atoms with Gasteiger partial charge < -0.3 is 9.47 Å². The molecule has 0 radical (unpaired) electrons. The fraction of sp³-hybridized carbons (Fsp3) is 0.174. The number of pyridine rings is 1. The van der Waals surface area contributed by atoms with Gasteiger partial charge in [0, 0.05) is 21.8 Å². The number of rotatable bonds is 8. The van der Waals surface area contributed by atoms with Gasteiger partial charge in [-0.1, -0.05) is 52.5 Å². The minimum absolute atomic E-state index is 0.00369. The van der Waals surface area contributed by atoms with Crippen LogP contribution in [0.2, 0.25) is 15.1 Å². The normalized spacial score (nSPS) is 13.9. The molecule has 0 aliphatic heterocycles. The fourth-order valence-corrected chi connectivity index (χ4v) is 4.03. The zero-order valence-corrected chi connectivity index (χ0v) is 20.6. The standard InChI is InChI=1S/C23H12Cl4F4N2O3/c24-13-1-6-16(17(25)8-13)22(27,11-32)20(34)19(36-15-4-2-14(28)3-5-15)10-35-21-18(26)7-12(9-33-21)23(29,30)31/h1-9,19H,10H2. The molecular formula is C23H12Cl4F4N2O3. The third kappa shape index (κ3) is 6.31. The molecule has 0 spiro atoms. The van der Waals surface area contributed by atoms with E-state index in [9.17, 15) is 27.6 Å². The second kappa shape index (κ2) is 11.1. The molecule has 3 aromatic rings. The van der Waals surface area contributed by atoms with Crippen LogP contribution in [0.4, 0.5) is 17.6 Å². The van der Waals surface area contributed by atoms with Crippen LogP contribution < -0.4 is 9.47 Å². The third-order valence-corrected chi connectivity index (χ3v) is 5.98. The third-order valence-electron chi connectivity index (χ3n) is 4.69. The molecule has 3 rings (SSSR count). The first-order chi connectivity index (χ1) is 16.8. The van der Waals surface area contributed by atoms with Crippen LogP contribution in [0.5, 0.6) is 11.6 Å². The van der Waals surface area contributed by atoms with Crippen LogP contribution in [0, 0.1) is 17.1 Å². The number of hydrogen-bond donors (Lipinski definition) is 0. The Bertz CT molecular complexity index is 1320. The number of hydrogen-bond acceptors (Lipinski definition) is 5. The lowest BCUT2D eigenvalue weighted by Crippen LogP contribution is -2.44. The van der Waals surface area contributed by atoms with Crippen LogP contribution in [-0.4, -0.2) is 23.5 Å². The summed E-state index contributed by atoms with van der Waals surface area (Å²) in [6, 6.07) is 10.7. The molecule has 1 heterocycles. The number of carbonyl (C=O) groups is 1. The van der Waals surface area contributed by atoms with Crippen molar-refractivity contribution < 1.29 is 31.8 Å². The number of Topliss-reactive ketones (excluding diaryl/α,β-unsaturated/α-hetero) is 1. The van der Waals surface area contributed by atoms with Gasteiger partial charge in [0.2, 0.25) is 16.5 Å². The summed E-state index contributed by atoms with van der Waals surface area (Å²) in [7, 11) is 0. The molecule has 2 aromatic carbocycles. The highest BCUT2D eigenvalue weighted by molar-refractivity contribution is 6.41. The summed E-state index contributed by atoms with van der Waals surface area (Å²) in [4.78, 5) is 14.6. The topological polar surface area (TPSA) is 72.2 Å². The van der Waals surface area contributed by atoms with Crippen molar-refractivity contribution in [3.05, 3.63) is 86.7 Å². The molecule has 0 aliphatic rings. The van der Waals surface area contributed by atoms with E-state index < -0.39 is 51.8 Å². The second-order valence-electron chi connectivity index (χ2n) is 7.14. The van der Waals surface area contributed by atoms with Gasteiger partial charge in [-0.2, -0.15) is 18.4 Å². The van der Waals surface area contributed by atoms with Crippen molar-refractivity contribution in [2.75, 3.05) is 6.61 Å². The van der Waals surface area contributed by atoms with Crippen molar-refractivity contribution in [2.24, 2.45) is 0 Å². The number of ketones is 1. The summed E-state index contributed by atoms with van der Waals surface area (Å²) in [6.45, 7) is -0.685. The van der Waals surface area contributed by atoms with Crippen LogP contribution in [-0.2, 0) is 15.8 Å². The number of alkyl halides is 4. The van der Waals surface area contributed by atoms with E-state index in [1.54, 1.807) is 6.07 Å². The van der Waals surface area contributed by atoms with Gasteiger partial charge in [0.15, 0.2) is 6.10 Å². The summed E-state index contributed by atoms with van der Waals surface area (Å²) in [5.74, 6) is -2.06. The Labute approximate surface area is 222 Å². The quantitative estimate of drug-likeness (QED) is 0.207. The smallest absolute Gasteiger partial charge is 0.417 e. The van der Waals surface area contributed by atoms with E-state index in [1.807, 2.05) is 0 Å². The van der Waals surface area contributed by atoms with Crippen LogP contribution >= 0.6 is 46.4 Å². The second-order valence-corrected chi connectivity index (χ2v) is 8.96. The van der Waals surface area contributed by atoms with Crippen LogP contribution in [0.15, 0.2) is 54.7 Å². The highest BCUT2D eigenvalue weighted by Crippen LogP contribution is 2.38. The van der Waals surface area contributed by atoms with Gasteiger partial charge in [0.05, 0.1) is 11.6 Å². The Morgan fingerprint density at radius 1 is 1.06 bits per heavy atom. The van der Waals surface area contributed by atoms with Crippen molar-refractivity contribution in [1.29, 1.82) is 5.26 Å². The summed E-state index contributed by atoms with van der Waals surface area (Å²) < 4.78 is 62.9. The number of ether oxygens (including phenoxy) is 2. The molecule has 0 aliphatic carbocycles. The number of aromatic nitrogens is 1. The molecule has 0 bridgehead atoms. The highest BCUT2D eigenvalue weighted by Gasteiger charge is 2.45. The van der Waals surface area contributed by atoms with E-state index in [-0.39, 0.29) is 21.4 Å². The summed E-state index contributed by atoms with van der Waals surface area (Å²) in [5.41, 5.74) is -1.21. The highest BCUT2D eigenvalue weighted by atomic mass is 35.5. The van der Waals surface area contributed by atoms with E-state index in [0.717, 1.165) is 12.1 Å². The minimum atomic E-state index is -4.69. The fourth-order valence-electron chi connectivity index (χ4n) is 2.92. The number of halogens is 8. The largest absolute Gasteiger partial charge is 0.479 e. The Hall–Kier alpha value is -2.77. The van der Waals surface area contributed by atoms with E-state index in [2.05, 4.69) is 4.98 Å². The van der Waals surface area contributed by atoms with Crippen LogP contribution in [0.1, 0.15) is 11.1 Å². The monoisotopic (exact) mass is 580 g/mol. The number of benzene rings is 2. The molecule has 0 saturated heterocycles. The lowest BCUT2D eigenvalue weighted by atomic mass is 9.92. The van der Waals surface area contributed by atoms with E-state index in [4.69, 9.17) is 55.9 Å². The molecule has 0 N–H and O–H groups in total. The average molecular weight is 582 g/mol. The molecule has 13 heteroatoms. The molecule has 2 unspecified atom stereocenters. The molecule has 2 atom stereocenters. The molecular weight excluding hydrogens is 570 g/mol. The van der Waals surface area contributed by atoms with E-state index in [1.165, 1.54) is 30.3 Å². The van der Waals surface area contributed by atoms with Gasteiger partial charge in [-0.3, -0.25) is 4.79 Å². The van der Waals surface area contributed by atoms with E-state index in [0.29, 0.717) is 12.3 Å². The average Bonchev–Trinajstić information content (AvgIpc) is 2.82. The Balaban J connectivity index is 1.95. The SMILES string of the molecule is N#CC(Cl)(C(=O)C(COc1ncc(C(F)(F)F)cc1Cl)Oc1ccc(F)cc1)c1ccc(Cl)cc1Cl. The summed E-state index contributed by atoms with van der Waals surface area (Å²) >= 11 is 24.3. The molecule has 1 aromatic heterocycles. The number of carbonyl (C=O) groups excluding carboxylic acids is 1. The van der Waals surface area contributed by atoms with Gasteiger partial charge in [-0.15, -0.1) is 0 Å². The zero-order valence-electron chi connectivity index (χ0n) is 17.6. The number of nitrogens with zero attached hydrogens (tertiary/aromatic N) is 2. The van der Waals surface area contributed by atoms with Crippen molar-refractivity contribution >= 4 is 52.2 Å². The molecule has 188 valence electrons. The van der Waals surface area contributed by atoms with E-state index >= 15 is 0 Å². The lowest BCUT2D eigenvalue weighted by molar-refractivity contribution is -0.137. The van der Waals surface area contributed by atoms with Gasteiger partial charge >= 0.3 is 6.18 Å². The van der Waals surface area contributed by atoms with Gasteiger partial charge in [0.1, 0.15) is 23.2 Å². The van der Waals surface area contributed by atoms with Crippen molar-refractivity contribution in [3.8, 4) is 17.7 Å². The van der Waals surface area contributed by atoms with Crippen molar-refractivity contribution in [2.45, 2.75) is 17.2 Å². The van der Waals surface area contributed by atoms with Crippen molar-refractivity contribution in [3.63, 3.8) is 0 Å². The van der Waals surface area contributed by atoms with Crippen LogP contribution in [0.3, 0.4) is 0 Å². The molecule has 0 saturated carbocycles. The molecule has 36 heavy (non-hydrogen) atoms. The first-order valence-corrected chi connectivity index (χ1v) is 11.2. The van der Waals surface area contributed by atoms with Gasteiger partial charge in [-0.05, 0) is 42.5 Å². The summed E-state index contributed by atoms with van der Waals surface area (Å²) in [6.07, 6.45) is -5.84. The molecule has 0 amide bonds. The number of nitriles is 1. The Kier molecular flexibility index (Phi) is 8.57. The molecule has 5 nitrogen and oxygen atoms in total. The Morgan fingerprint density at radius 2 is 1.72 bits per heavy atom. The maximum atomic E-state index is 13.5. The summed E-state index contributed by atoms with van der Waals surface area (Å²) in [5, 5.41) is 9.46. The first-order valence-electron chi connectivity index (χ1n) is 9.73. The molecule has 0 fully saturated rings. The van der Waals surface area contributed by atoms with Gasteiger partial charge in [-0.25, -0.2) is 9.37 Å². The van der Waals surface area contributed by atoms with Crippen LogP contribution in [0.25, 0.3) is 0 Å². The first kappa shape index (κ1) is 27.8. The lowest BCUT2D eigenvalue weighted by Gasteiger charge is -2.26. The maximum absolute atomic E-state index is 13.5. The predicted molar refractivity (Wildman–Crippen MR) is 125 cm³/mol.